The van der Waals surface area contributed by atoms with E-state index < -0.39 is 0 Å². The average Bonchev–Trinajstić information content (AvgIpc) is 1.98. The predicted molar refractivity (Wildman–Crippen MR) is 31.1 cm³/mol. The van der Waals surface area contributed by atoms with Gasteiger partial charge in [0.15, 0.2) is 0 Å². The SMILES string of the molecule is CC1=CCC(C)=[C]1[Zr+2].[F-].[F-]. The molecule has 0 amide bonds. The Kier molecular flexibility index (Phi) is 6.37. The molecule has 0 N–H and O–H groups in total. The summed E-state index contributed by atoms with van der Waals surface area (Å²) in [6.45, 7) is 4.41. The van der Waals surface area contributed by atoms with Crippen LogP contribution in [0, 0.1) is 0 Å². The Morgan fingerprint density at radius 2 is 1.80 bits per heavy atom. The summed E-state index contributed by atoms with van der Waals surface area (Å²) >= 11 is 1.57. The first-order valence-corrected chi connectivity index (χ1v) is 4.03. The van der Waals surface area contributed by atoms with Crippen LogP contribution < -0.4 is 9.41 Å². The van der Waals surface area contributed by atoms with E-state index in [1.54, 1.807) is 33.6 Å². The second kappa shape index (κ2) is 4.95. The molecule has 1 aliphatic carbocycles. The van der Waals surface area contributed by atoms with Gasteiger partial charge in [0.1, 0.15) is 0 Å². The van der Waals surface area contributed by atoms with Crippen LogP contribution in [0.3, 0.4) is 0 Å². The van der Waals surface area contributed by atoms with E-state index in [2.05, 4.69) is 19.9 Å². The van der Waals surface area contributed by atoms with Gasteiger partial charge in [-0.15, -0.1) is 0 Å². The van der Waals surface area contributed by atoms with Gasteiger partial charge in [-0.1, -0.05) is 0 Å². The zero-order chi connectivity index (χ0) is 6.15. The quantitative estimate of drug-likeness (QED) is 0.394. The smallest absolute Gasteiger partial charge is 1.00 e. The molecule has 0 bridgehead atoms. The minimum absolute atomic E-state index is 0. The standard InChI is InChI=1S/C7H9.2FH.Zr/c1-6-3-4-7(2)5-6;;;/h3H,4H2,1-2H3;2*1H;/q;;;+2/p-2. The summed E-state index contributed by atoms with van der Waals surface area (Å²) in [6.07, 6.45) is 3.51. The molecular weight excluding hydrogens is 213 g/mol. The van der Waals surface area contributed by atoms with E-state index >= 15 is 0 Å². The molecule has 0 unspecified atom stereocenters. The maximum atomic E-state index is 2.30. The molecule has 0 atom stereocenters. The molecule has 10 heavy (non-hydrogen) atoms. The van der Waals surface area contributed by atoms with Crippen molar-refractivity contribution in [2.45, 2.75) is 20.3 Å². The summed E-state index contributed by atoms with van der Waals surface area (Å²) in [5.41, 5.74) is 3.07. The van der Waals surface area contributed by atoms with Crippen LogP contribution in [0.4, 0.5) is 0 Å². The first-order chi connectivity index (χ1) is 3.72. The number of hydrogen-bond acceptors (Lipinski definition) is 0. The van der Waals surface area contributed by atoms with Crippen LogP contribution in [0.5, 0.6) is 0 Å². The van der Waals surface area contributed by atoms with E-state index in [4.69, 9.17) is 0 Å². The minimum atomic E-state index is 0. The molecule has 0 fully saturated rings. The molecule has 0 radical (unpaired) electrons. The molecule has 0 saturated carbocycles. The van der Waals surface area contributed by atoms with E-state index in [-0.39, 0.29) is 9.41 Å². The zero-order valence-corrected chi connectivity index (χ0v) is 8.50. The van der Waals surface area contributed by atoms with Crippen molar-refractivity contribution in [3.05, 3.63) is 20.5 Å². The molecule has 1 aliphatic rings. The number of allylic oxidation sites excluding steroid dienone is 4. The summed E-state index contributed by atoms with van der Waals surface area (Å²) in [4.78, 5) is 0. The van der Waals surface area contributed by atoms with Gasteiger partial charge in [-0.05, 0) is 0 Å². The summed E-state index contributed by atoms with van der Waals surface area (Å²) in [5.74, 6) is 0. The van der Waals surface area contributed by atoms with Gasteiger partial charge in [-0.3, -0.25) is 0 Å². The van der Waals surface area contributed by atoms with Gasteiger partial charge in [-0.2, -0.15) is 0 Å². The van der Waals surface area contributed by atoms with E-state index in [9.17, 15) is 0 Å². The van der Waals surface area contributed by atoms with Crippen LogP contribution in [0.15, 0.2) is 20.5 Å². The summed E-state index contributed by atoms with van der Waals surface area (Å²) in [5, 5.41) is 0. The molecule has 1 rings (SSSR count). The molecular formula is C7H9F2Zr. The van der Waals surface area contributed by atoms with Crippen molar-refractivity contribution in [2.24, 2.45) is 0 Å². The van der Waals surface area contributed by atoms with Crippen molar-refractivity contribution in [3.63, 3.8) is 0 Å². The fraction of sp³-hybridized carbons (Fsp3) is 0.429. The Hall–Kier alpha value is 0.223. The van der Waals surface area contributed by atoms with Crippen LogP contribution in [-0.2, 0) is 24.7 Å². The van der Waals surface area contributed by atoms with Gasteiger partial charge in [0.05, 0.1) is 0 Å². The number of rotatable bonds is 0. The molecule has 0 saturated heterocycles. The van der Waals surface area contributed by atoms with Gasteiger partial charge in [0, 0.05) is 0 Å². The third-order valence-corrected chi connectivity index (χ3v) is 3.55. The van der Waals surface area contributed by atoms with Crippen molar-refractivity contribution in [2.75, 3.05) is 0 Å². The number of hydrogen-bond donors (Lipinski definition) is 0. The Morgan fingerprint density at radius 3 is 1.90 bits per heavy atom. The first kappa shape index (κ1) is 12.9. The van der Waals surface area contributed by atoms with Crippen LogP contribution >= 0.6 is 0 Å². The van der Waals surface area contributed by atoms with E-state index in [1.807, 2.05) is 0 Å². The second-order valence-corrected chi connectivity index (χ2v) is 3.48. The van der Waals surface area contributed by atoms with Gasteiger partial charge < -0.3 is 9.41 Å². The number of halogens is 2. The van der Waals surface area contributed by atoms with Crippen LogP contribution in [-0.4, -0.2) is 0 Å². The largest absolute Gasteiger partial charge is 1.00 e. The van der Waals surface area contributed by atoms with Crippen LogP contribution in [0.1, 0.15) is 20.3 Å². The first-order valence-electron chi connectivity index (χ1n) is 2.80. The van der Waals surface area contributed by atoms with Crippen LogP contribution in [0.2, 0.25) is 0 Å². The van der Waals surface area contributed by atoms with Gasteiger partial charge in [-0.25, -0.2) is 0 Å². The van der Waals surface area contributed by atoms with E-state index in [0.717, 1.165) is 0 Å². The molecule has 55 valence electrons. The van der Waals surface area contributed by atoms with E-state index in [0.29, 0.717) is 0 Å². The fourth-order valence-corrected chi connectivity index (χ4v) is 1.35. The van der Waals surface area contributed by atoms with Crippen molar-refractivity contribution in [1.82, 2.24) is 0 Å². The monoisotopic (exact) mass is 221 g/mol. The molecule has 0 spiro atoms. The Bertz CT molecular complexity index is 165. The molecule has 0 aromatic carbocycles. The van der Waals surface area contributed by atoms with Crippen molar-refractivity contribution in [1.29, 1.82) is 0 Å². The third kappa shape index (κ3) is 2.45. The molecule has 0 heterocycles. The maximum absolute atomic E-state index is 2.30. The summed E-state index contributed by atoms with van der Waals surface area (Å²) in [7, 11) is 0. The van der Waals surface area contributed by atoms with Crippen molar-refractivity contribution >= 4 is 0 Å². The van der Waals surface area contributed by atoms with E-state index in [1.165, 1.54) is 12.0 Å². The second-order valence-electron chi connectivity index (χ2n) is 2.25. The normalized spacial score (nSPS) is 15.8. The maximum Gasteiger partial charge on any atom is -1.00 e. The molecule has 0 aromatic rings. The molecule has 0 nitrogen and oxygen atoms in total. The fourth-order valence-electron chi connectivity index (χ4n) is 0.847. The predicted octanol–water partition coefficient (Wildman–Crippen LogP) is -3.83. The minimum Gasteiger partial charge on any atom is -1.00 e. The molecule has 0 aliphatic heterocycles. The molecule has 0 aromatic heterocycles. The van der Waals surface area contributed by atoms with Gasteiger partial charge in [0.2, 0.25) is 0 Å². The Morgan fingerprint density at radius 1 is 1.30 bits per heavy atom. The van der Waals surface area contributed by atoms with Crippen molar-refractivity contribution < 1.29 is 34.1 Å². The zero-order valence-electron chi connectivity index (χ0n) is 6.04. The summed E-state index contributed by atoms with van der Waals surface area (Å²) in [6, 6.07) is 0. The van der Waals surface area contributed by atoms with Gasteiger partial charge >= 0.3 is 65.5 Å². The topological polar surface area (TPSA) is 0 Å². The average molecular weight is 222 g/mol. The third-order valence-electron chi connectivity index (χ3n) is 1.54. The van der Waals surface area contributed by atoms with Crippen LogP contribution in [0.25, 0.3) is 0 Å². The Balaban J connectivity index is 0. The molecule has 3 heteroatoms. The van der Waals surface area contributed by atoms with Gasteiger partial charge in [0.25, 0.3) is 0 Å². The Labute approximate surface area is 75.0 Å². The van der Waals surface area contributed by atoms with Crippen molar-refractivity contribution in [3.8, 4) is 0 Å². The summed E-state index contributed by atoms with van der Waals surface area (Å²) < 4.78 is 1.58.